The molecule has 2 atom stereocenters. The second-order valence-electron chi connectivity index (χ2n) is 4.62. The molecular formula is C10H18F3NO. The van der Waals surface area contributed by atoms with Gasteiger partial charge in [-0.3, -0.25) is 0 Å². The van der Waals surface area contributed by atoms with Gasteiger partial charge in [-0.1, -0.05) is 0 Å². The van der Waals surface area contributed by atoms with E-state index in [-0.39, 0.29) is 12.5 Å². The summed E-state index contributed by atoms with van der Waals surface area (Å²) < 4.78 is 36.1. The Morgan fingerprint density at radius 2 is 2.07 bits per heavy atom. The van der Waals surface area contributed by atoms with Gasteiger partial charge in [-0.05, 0) is 33.2 Å². The Bertz CT molecular complexity index is 219. The molecule has 0 aromatic heterocycles. The molecule has 0 aromatic carbocycles. The predicted octanol–water partition coefficient (Wildman–Crippen LogP) is 2.17. The van der Waals surface area contributed by atoms with Gasteiger partial charge in [0, 0.05) is 19.0 Å². The standard InChI is InChI=1S/C10H18F3NO/c1-8-7-9(15,5-6-14(8)2)3-4-10(11,12)13/h8,15H,3-7H2,1-2H3. The van der Waals surface area contributed by atoms with E-state index in [0.29, 0.717) is 19.4 Å². The first-order valence-electron chi connectivity index (χ1n) is 5.21. The van der Waals surface area contributed by atoms with Crippen molar-refractivity contribution in [2.24, 2.45) is 0 Å². The molecule has 0 spiro atoms. The fourth-order valence-electron chi connectivity index (χ4n) is 2.01. The van der Waals surface area contributed by atoms with Gasteiger partial charge in [0.2, 0.25) is 0 Å². The molecule has 0 bridgehead atoms. The monoisotopic (exact) mass is 225 g/mol. The molecule has 1 rings (SSSR count). The van der Waals surface area contributed by atoms with E-state index in [1.807, 2.05) is 14.0 Å². The maximum absolute atomic E-state index is 12.0. The minimum Gasteiger partial charge on any atom is -0.390 e. The van der Waals surface area contributed by atoms with Crippen LogP contribution in [0.4, 0.5) is 13.2 Å². The molecule has 1 fully saturated rings. The van der Waals surface area contributed by atoms with Crippen LogP contribution < -0.4 is 0 Å². The second kappa shape index (κ2) is 4.29. The SMILES string of the molecule is CC1CC(O)(CCC(F)(F)F)CCN1C. The smallest absolute Gasteiger partial charge is 0.389 e. The van der Waals surface area contributed by atoms with Crippen LogP contribution in [-0.4, -0.2) is 41.4 Å². The van der Waals surface area contributed by atoms with Crippen LogP contribution in [0.5, 0.6) is 0 Å². The lowest BCUT2D eigenvalue weighted by atomic mass is 9.83. The van der Waals surface area contributed by atoms with Gasteiger partial charge in [-0.15, -0.1) is 0 Å². The minimum absolute atomic E-state index is 0.150. The molecular weight excluding hydrogens is 207 g/mol. The summed E-state index contributed by atoms with van der Waals surface area (Å²) in [6, 6.07) is 0.150. The van der Waals surface area contributed by atoms with Gasteiger partial charge in [-0.25, -0.2) is 0 Å². The molecule has 1 N–H and O–H groups in total. The fraction of sp³-hybridized carbons (Fsp3) is 1.00. The van der Waals surface area contributed by atoms with Crippen molar-refractivity contribution in [2.75, 3.05) is 13.6 Å². The lowest BCUT2D eigenvalue weighted by Gasteiger charge is -2.41. The van der Waals surface area contributed by atoms with E-state index in [0.717, 1.165) is 0 Å². The number of likely N-dealkylation sites (tertiary alicyclic amines) is 1. The summed E-state index contributed by atoms with van der Waals surface area (Å²) in [5.74, 6) is 0. The van der Waals surface area contributed by atoms with Crippen molar-refractivity contribution in [1.29, 1.82) is 0 Å². The van der Waals surface area contributed by atoms with Crippen molar-refractivity contribution in [3.05, 3.63) is 0 Å². The quantitative estimate of drug-likeness (QED) is 0.778. The third kappa shape index (κ3) is 3.99. The highest BCUT2D eigenvalue weighted by Crippen LogP contribution is 2.33. The van der Waals surface area contributed by atoms with E-state index in [2.05, 4.69) is 4.90 Å². The van der Waals surface area contributed by atoms with Crippen molar-refractivity contribution < 1.29 is 18.3 Å². The van der Waals surface area contributed by atoms with E-state index in [1.54, 1.807) is 0 Å². The van der Waals surface area contributed by atoms with Crippen molar-refractivity contribution in [3.63, 3.8) is 0 Å². The number of piperidine rings is 1. The zero-order valence-corrected chi connectivity index (χ0v) is 9.14. The highest BCUT2D eigenvalue weighted by Gasteiger charge is 2.38. The third-order valence-corrected chi connectivity index (χ3v) is 3.23. The maximum Gasteiger partial charge on any atom is 0.389 e. The molecule has 1 saturated heterocycles. The van der Waals surface area contributed by atoms with Crippen molar-refractivity contribution in [1.82, 2.24) is 4.90 Å². The van der Waals surface area contributed by atoms with Crippen LogP contribution in [0.15, 0.2) is 0 Å². The summed E-state index contributed by atoms with van der Waals surface area (Å²) in [5, 5.41) is 10.00. The van der Waals surface area contributed by atoms with Gasteiger partial charge >= 0.3 is 6.18 Å². The van der Waals surface area contributed by atoms with Gasteiger partial charge in [0.1, 0.15) is 0 Å². The van der Waals surface area contributed by atoms with E-state index in [9.17, 15) is 18.3 Å². The topological polar surface area (TPSA) is 23.5 Å². The molecule has 0 radical (unpaired) electrons. The van der Waals surface area contributed by atoms with Gasteiger partial charge in [0.15, 0.2) is 0 Å². The van der Waals surface area contributed by atoms with Crippen molar-refractivity contribution >= 4 is 0 Å². The minimum atomic E-state index is -4.16. The van der Waals surface area contributed by atoms with Gasteiger partial charge in [0.05, 0.1) is 5.60 Å². The molecule has 1 aliphatic rings. The molecule has 5 heteroatoms. The summed E-state index contributed by atoms with van der Waals surface area (Å²) >= 11 is 0. The number of rotatable bonds is 2. The number of nitrogens with zero attached hydrogens (tertiary/aromatic N) is 1. The zero-order chi connectivity index (χ0) is 11.7. The van der Waals surface area contributed by atoms with Crippen molar-refractivity contribution in [2.45, 2.75) is 50.4 Å². The lowest BCUT2D eigenvalue weighted by molar-refractivity contribution is -0.152. The first-order chi connectivity index (χ1) is 6.72. The van der Waals surface area contributed by atoms with E-state index >= 15 is 0 Å². The average Bonchev–Trinajstić information content (AvgIpc) is 2.08. The number of hydrogen-bond acceptors (Lipinski definition) is 2. The van der Waals surface area contributed by atoms with Gasteiger partial charge in [0.25, 0.3) is 0 Å². The van der Waals surface area contributed by atoms with Gasteiger partial charge < -0.3 is 10.0 Å². The van der Waals surface area contributed by atoms with Crippen LogP contribution in [-0.2, 0) is 0 Å². The number of hydrogen-bond donors (Lipinski definition) is 1. The first-order valence-corrected chi connectivity index (χ1v) is 5.21. The molecule has 2 nitrogen and oxygen atoms in total. The summed E-state index contributed by atoms with van der Waals surface area (Å²) in [7, 11) is 1.92. The Morgan fingerprint density at radius 3 is 2.53 bits per heavy atom. The molecule has 1 heterocycles. The fourth-order valence-corrected chi connectivity index (χ4v) is 2.01. The molecule has 15 heavy (non-hydrogen) atoms. The van der Waals surface area contributed by atoms with Gasteiger partial charge in [-0.2, -0.15) is 13.2 Å². The van der Waals surface area contributed by atoms with E-state index < -0.39 is 18.2 Å². The highest BCUT2D eigenvalue weighted by atomic mass is 19.4. The Morgan fingerprint density at radius 1 is 1.47 bits per heavy atom. The van der Waals surface area contributed by atoms with Crippen LogP contribution in [0.1, 0.15) is 32.6 Å². The molecule has 90 valence electrons. The Hall–Kier alpha value is -0.290. The number of alkyl halides is 3. The summed E-state index contributed by atoms with van der Waals surface area (Å²) in [6.07, 6.45) is -4.36. The largest absolute Gasteiger partial charge is 0.390 e. The normalized spacial score (nSPS) is 34.4. The summed E-state index contributed by atoms with van der Waals surface area (Å²) in [6.45, 7) is 2.59. The predicted molar refractivity (Wildman–Crippen MR) is 51.6 cm³/mol. The molecule has 2 unspecified atom stereocenters. The zero-order valence-electron chi connectivity index (χ0n) is 9.14. The molecule has 1 aliphatic heterocycles. The van der Waals surface area contributed by atoms with Crippen LogP contribution in [0.2, 0.25) is 0 Å². The van der Waals surface area contributed by atoms with Crippen molar-refractivity contribution in [3.8, 4) is 0 Å². The third-order valence-electron chi connectivity index (χ3n) is 3.23. The number of aliphatic hydroxyl groups is 1. The van der Waals surface area contributed by atoms with E-state index in [4.69, 9.17) is 0 Å². The molecule has 0 aromatic rings. The summed E-state index contributed by atoms with van der Waals surface area (Å²) in [5.41, 5.74) is -1.12. The van der Waals surface area contributed by atoms with Crippen LogP contribution in [0.3, 0.4) is 0 Å². The maximum atomic E-state index is 12.0. The lowest BCUT2D eigenvalue weighted by Crippen LogP contribution is -2.47. The summed E-state index contributed by atoms with van der Waals surface area (Å²) in [4.78, 5) is 2.06. The van der Waals surface area contributed by atoms with E-state index in [1.165, 1.54) is 0 Å². The molecule has 0 aliphatic carbocycles. The molecule has 0 amide bonds. The number of halogens is 3. The second-order valence-corrected chi connectivity index (χ2v) is 4.62. The Kier molecular flexibility index (Phi) is 3.66. The first kappa shape index (κ1) is 12.8. The Balaban J connectivity index is 2.46. The highest BCUT2D eigenvalue weighted by molar-refractivity contribution is 4.89. The van der Waals surface area contributed by atoms with Crippen LogP contribution in [0, 0.1) is 0 Å². The average molecular weight is 225 g/mol. The molecule has 0 saturated carbocycles. The van der Waals surface area contributed by atoms with Crippen LogP contribution >= 0.6 is 0 Å². The Labute approximate surface area is 88.1 Å². The van der Waals surface area contributed by atoms with Crippen LogP contribution in [0.25, 0.3) is 0 Å².